The van der Waals surface area contributed by atoms with Crippen LogP contribution in [0.25, 0.3) is 104 Å². The molecule has 2 heterocycles. The normalized spacial score (nSPS) is 11.7. The van der Waals surface area contributed by atoms with E-state index in [0.29, 0.717) is 0 Å². The molecule has 0 saturated carbocycles. The fraction of sp³-hybridized carbons (Fsp3) is 0. The van der Waals surface area contributed by atoms with E-state index in [4.69, 9.17) is 4.42 Å². The number of para-hydroxylation sites is 3. The van der Waals surface area contributed by atoms with Crippen LogP contribution in [-0.4, -0.2) is 4.57 Å². The maximum Gasteiger partial charge on any atom is 0.136 e. The first-order valence-corrected chi connectivity index (χ1v) is 22.2. The molecule has 11 aromatic carbocycles. The second kappa shape index (κ2) is 15.0. The second-order valence-corrected chi connectivity index (χ2v) is 16.9. The van der Waals surface area contributed by atoms with Gasteiger partial charge in [0.05, 0.1) is 11.0 Å². The summed E-state index contributed by atoms with van der Waals surface area (Å²) in [6, 6.07) is 87.7. The van der Waals surface area contributed by atoms with Gasteiger partial charge in [0.15, 0.2) is 0 Å². The summed E-state index contributed by atoms with van der Waals surface area (Å²) in [6.07, 6.45) is 0. The van der Waals surface area contributed by atoms with Crippen LogP contribution in [0.4, 0.5) is 17.1 Å². The highest BCUT2D eigenvalue weighted by Crippen LogP contribution is 2.42. The monoisotopic (exact) mass is 828 g/mol. The van der Waals surface area contributed by atoms with E-state index >= 15 is 0 Å². The van der Waals surface area contributed by atoms with Gasteiger partial charge in [-0.05, 0) is 134 Å². The molecule has 3 heteroatoms. The molecule has 0 radical (unpaired) electrons. The van der Waals surface area contributed by atoms with E-state index in [-0.39, 0.29) is 0 Å². The minimum atomic E-state index is 0.898. The van der Waals surface area contributed by atoms with E-state index in [1.165, 1.54) is 60.0 Å². The Bertz CT molecular complexity index is 3860. The third kappa shape index (κ3) is 6.12. The van der Waals surface area contributed by atoms with Crippen LogP contribution in [0.3, 0.4) is 0 Å². The summed E-state index contributed by atoms with van der Waals surface area (Å²) >= 11 is 0. The first-order chi connectivity index (χ1) is 32.2. The van der Waals surface area contributed by atoms with Crippen molar-refractivity contribution in [3.05, 3.63) is 243 Å². The van der Waals surface area contributed by atoms with Gasteiger partial charge >= 0.3 is 0 Å². The van der Waals surface area contributed by atoms with E-state index in [9.17, 15) is 0 Å². The highest BCUT2D eigenvalue weighted by atomic mass is 16.3. The molecule has 0 amide bonds. The molecule has 2 aromatic heterocycles. The first kappa shape index (κ1) is 36.9. The zero-order valence-corrected chi connectivity index (χ0v) is 35.4. The Morgan fingerprint density at radius 1 is 0.308 bits per heavy atom. The molecule has 0 fully saturated rings. The summed E-state index contributed by atoms with van der Waals surface area (Å²) in [5.41, 5.74) is 15.7. The molecule has 0 saturated heterocycles. The van der Waals surface area contributed by atoms with E-state index in [1.807, 2.05) is 12.1 Å². The van der Waals surface area contributed by atoms with Crippen molar-refractivity contribution in [2.75, 3.05) is 4.90 Å². The number of anilines is 3. The van der Waals surface area contributed by atoms with Gasteiger partial charge in [0.2, 0.25) is 0 Å². The smallest absolute Gasteiger partial charge is 0.136 e. The van der Waals surface area contributed by atoms with Crippen molar-refractivity contribution in [1.29, 1.82) is 0 Å². The van der Waals surface area contributed by atoms with Gasteiger partial charge in [-0.2, -0.15) is 0 Å². The molecule has 0 atom stereocenters. The van der Waals surface area contributed by atoms with Crippen molar-refractivity contribution in [2.45, 2.75) is 0 Å². The van der Waals surface area contributed by atoms with E-state index in [2.05, 4.69) is 240 Å². The zero-order valence-electron chi connectivity index (χ0n) is 35.4. The molecular weight excluding hydrogens is 789 g/mol. The minimum absolute atomic E-state index is 0.898. The number of hydrogen-bond acceptors (Lipinski definition) is 2. The lowest BCUT2D eigenvalue weighted by Crippen LogP contribution is -2.09. The van der Waals surface area contributed by atoms with Crippen LogP contribution in [0.2, 0.25) is 0 Å². The van der Waals surface area contributed by atoms with E-state index in [0.717, 1.165) is 61.4 Å². The Labute approximate surface area is 376 Å². The summed E-state index contributed by atoms with van der Waals surface area (Å²) < 4.78 is 8.63. The standard InChI is InChI=1S/C62H40N2O/c1-2-13-50-45(12-1)40-57(53-15-4-3-14-52(50)53)44-30-38-48(39-31-44)63(47-36-28-43(29-37-47)51-19-11-23-61-62(51)56-18-7-10-22-60(56)65-61)46-32-24-41(25-33-46)42-26-34-49(35-27-42)64-58-20-8-5-16-54(58)55-17-6-9-21-59(55)64/h1-40H. The predicted molar refractivity (Wildman–Crippen MR) is 274 cm³/mol. The molecule has 0 bridgehead atoms. The number of hydrogen-bond donors (Lipinski definition) is 0. The SMILES string of the molecule is c1ccc2c(c1)cc(-c1ccc(N(c3ccc(-c4ccc(-n5c6ccccc6c6ccccc65)cc4)cc3)c3ccc(-c4cccc5oc6ccccc6c45)cc3)cc1)c1ccccc12. The molecule has 0 aliphatic rings. The number of nitrogens with zero attached hydrogens (tertiary/aromatic N) is 2. The van der Waals surface area contributed by atoms with Crippen molar-refractivity contribution in [3.63, 3.8) is 0 Å². The molecule has 3 nitrogen and oxygen atoms in total. The summed E-state index contributed by atoms with van der Waals surface area (Å²) in [7, 11) is 0. The van der Waals surface area contributed by atoms with Gasteiger partial charge in [0, 0.05) is 44.3 Å². The molecule has 65 heavy (non-hydrogen) atoms. The van der Waals surface area contributed by atoms with Gasteiger partial charge < -0.3 is 13.9 Å². The van der Waals surface area contributed by atoms with E-state index < -0.39 is 0 Å². The number of aromatic nitrogens is 1. The lowest BCUT2D eigenvalue weighted by molar-refractivity contribution is 0.669. The number of fused-ring (bicyclic) bond motifs is 9. The lowest BCUT2D eigenvalue weighted by Gasteiger charge is -2.26. The number of rotatable bonds is 7. The Kier molecular flexibility index (Phi) is 8.53. The van der Waals surface area contributed by atoms with Gasteiger partial charge in [-0.1, -0.05) is 164 Å². The Morgan fingerprint density at radius 2 is 0.769 bits per heavy atom. The summed E-state index contributed by atoms with van der Waals surface area (Å²) in [5.74, 6) is 0. The quantitative estimate of drug-likeness (QED) is 0.149. The van der Waals surface area contributed by atoms with Gasteiger partial charge in [-0.15, -0.1) is 0 Å². The van der Waals surface area contributed by atoms with Crippen LogP contribution in [0.1, 0.15) is 0 Å². The predicted octanol–water partition coefficient (Wildman–Crippen LogP) is 17.5. The van der Waals surface area contributed by atoms with Crippen LogP contribution in [-0.2, 0) is 0 Å². The molecule has 0 aliphatic heterocycles. The summed E-state index contributed by atoms with van der Waals surface area (Å²) in [5, 5.41) is 9.85. The van der Waals surface area contributed by atoms with Crippen LogP contribution in [0.15, 0.2) is 247 Å². The van der Waals surface area contributed by atoms with Gasteiger partial charge in [-0.3, -0.25) is 0 Å². The average molecular weight is 829 g/mol. The minimum Gasteiger partial charge on any atom is -0.456 e. The topological polar surface area (TPSA) is 21.3 Å². The number of benzene rings is 11. The van der Waals surface area contributed by atoms with Crippen molar-refractivity contribution < 1.29 is 4.42 Å². The molecule has 0 aliphatic carbocycles. The largest absolute Gasteiger partial charge is 0.456 e. The molecule has 13 rings (SSSR count). The molecular formula is C62H40N2O. The maximum atomic E-state index is 6.26. The van der Waals surface area contributed by atoms with Crippen LogP contribution >= 0.6 is 0 Å². The average Bonchev–Trinajstić information content (AvgIpc) is 3.93. The Balaban J connectivity index is 0.884. The van der Waals surface area contributed by atoms with Crippen molar-refractivity contribution >= 4 is 82.4 Å². The highest BCUT2D eigenvalue weighted by Gasteiger charge is 2.18. The fourth-order valence-corrected chi connectivity index (χ4v) is 10.1. The van der Waals surface area contributed by atoms with Gasteiger partial charge in [0.25, 0.3) is 0 Å². The fourth-order valence-electron chi connectivity index (χ4n) is 10.1. The second-order valence-electron chi connectivity index (χ2n) is 16.9. The van der Waals surface area contributed by atoms with Crippen molar-refractivity contribution in [2.24, 2.45) is 0 Å². The first-order valence-electron chi connectivity index (χ1n) is 22.2. The lowest BCUT2D eigenvalue weighted by atomic mass is 9.93. The third-order valence-corrected chi connectivity index (χ3v) is 13.2. The van der Waals surface area contributed by atoms with Gasteiger partial charge in [-0.25, -0.2) is 0 Å². The van der Waals surface area contributed by atoms with Crippen molar-refractivity contribution in [3.8, 4) is 39.1 Å². The van der Waals surface area contributed by atoms with Crippen LogP contribution in [0, 0.1) is 0 Å². The molecule has 13 aromatic rings. The van der Waals surface area contributed by atoms with Crippen LogP contribution < -0.4 is 4.90 Å². The summed E-state index contributed by atoms with van der Waals surface area (Å²) in [6.45, 7) is 0. The van der Waals surface area contributed by atoms with E-state index in [1.54, 1.807) is 0 Å². The molecule has 0 N–H and O–H groups in total. The van der Waals surface area contributed by atoms with Crippen molar-refractivity contribution in [1.82, 2.24) is 4.57 Å². The Hall–Kier alpha value is -8.66. The third-order valence-electron chi connectivity index (χ3n) is 13.2. The Morgan fingerprint density at radius 3 is 1.40 bits per heavy atom. The van der Waals surface area contributed by atoms with Gasteiger partial charge in [0.1, 0.15) is 11.2 Å². The highest BCUT2D eigenvalue weighted by molar-refractivity contribution is 6.14. The molecule has 0 spiro atoms. The molecule has 0 unspecified atom stereocenters. The zero-order chi connectivity index (χ0) is 42.8. The van der Waals surface area contributed by atoms with Crippen LogP contribution in [0.5, 0.6) is 0 Å². The summed E-state index contributed by atoms with van der Waals surface area (Å²) in [4.78, 5) is 2.36. The maximum absolute atomic E-state index is 6.26. The number of furan rings is 1. The molecule has 304 valence electrons.